The Bertz CT molecular complexity index is 989. The molecule has 29 heavy (non-hydrogen) atoms. The summed E-state index contributed by atoms with van der Waals surface area (Å²) in [5.74, 6) is -1.56. The number of nitrogens with zero attached hydrogens (tertiary/aromatic N) is 3. The molecule has 0 aromatic heterocycles. The Morgan fingerprint density at radius 1 is 1.10 bits per heavy atom. The number of nitriles is 3. The molecule has 0 amide bonds. The second kappa shape index (κ2) is 6.37. The Morgan fingerprint density at radius 3 is 2.48 bits per heavy atom. The SMILES string of the molecule is COc1cccc([C@H]2O[C@]34CCCC[C@@H]3C(C#N)(C#N)[C@@]2(C#N)C(=N)O4)c1OC. The van der Waals surface area contributed by atoms with Gasteiger partial charge in [0, 0.05) is 12.0 Å². The van der Waals surface area contributed by atoms with Gasteiger partial charge in [0.15, 0.2) is 22.3 Å². The predicted octanol–water partition coefficient (Wildman–Crippen LogP) is 3.21. The van der Waals surface area contributed by atoms with Crippen LogP contribution in [0.4, 0.5) is 0 Å². The van der Waals surface area contributed by atoms with E-state index in [0.29, 0.717) is 29.9 Å². The van der Waals surface area contributed by atoms with Gasteiger partial charge in [-0.15, -0.1) is 0 Å². The molecule has 0 unspecified atom stereocenters. The largest absolute Gasteiger partial charge is 0.493 e. The van der Waals surface area contributed by atoms with Gasteiger partial charge in [0.25, 0.3) is 0 Å². The second-order valence-electron chi connectivity index (χ2n) is 7.57. The lowest BCUT2D eigenvalue weighted by Crippen LogP contribution is -2.73. The normalized spacial score (nSPS) is 34.0. The van der Waals surface area contributed by atoms with Gasteiger partial charge in [-0.25, -0.2) is 0 Å². The molecule has 1 spiro atoms. The Kier molecular flexibility index (Phi) is 4.19. The van der Waals surface area contributed by atoms with E-state index in [1.54, 1.807) is 18.2 Å². The summed E-state index contributed by atoms with van der Waals surface area (Å²) in [6.45, 7) is 0. The molecule has 8 nitrogen and oxygen atoms in total. The number of methoxy groups -OCH3 is 2. The molecule has 8 heteroatoms. The van der Waals surface area contributed by atoms with Crippen molar-refractivity contribution in [3.63, 3.8) is 0 Å². The Hall–Kier alpha value is -3.28. The fourth-order valence-corrected chi connectivity index (χ4v) is 5.24. The highest BCUT2D eigenvalue weighted by Gasteiger charge is 2.80. The predicted molar refractivity (Wildman–Crippen MR) is 98.6 cm³/mol. The van der Waals surface area contributed by atoms with Crippen LogP contribution in [0.1, 0.15) is 37.4 Å². The van der Waals surface area contributed by atoms with Gasteiger partial charge in [0.05, 0.1) is 38.3 Å². The molecule has 4 fully saturated rings. The van der Waals surface area contributed by atoms with Crippen LogP contribution in [0.25, 0.3) is 0 Å². The summed E-state index contributed by atoms with van der Waals surface area (Å²) in [7, 11) is 2.96. The molecule has 3 saturated heterocycles. The van der Waals surface area contributed by atoms with Gasteiger partial charge < -0.3 is 18.9 Å². The van der Waals surface area contributed by atoms with Gasteiger partial charge in [0.1, 0.15) is 6.10 Å². The van der Waals surface area contributed by atoms with E-state index in [1.807, 2.05) is 0 Å². The Labute approximate surface area is 168 Å². The minimum Gasteiger partial charge on any atom is -0.493 e. The first kappa shape index (κ1) is 19.1. The van der Waals surface area contributed by atoms with Crippen LogP contribution in [0.3, 0.4) is 0 Å². The minimum absolute atomic E-state index is 0.337. The maximum Gasteiger partial charge on any atom is 0.218 e. The zero-order valence-corrected chi connectivity index (χ0v) is 16.2. The van der Waals surface area contributed by atoms with Crippen molar-refractivity contribution < 1.29 is 18.9 Å². The average Bonchev–Trinajstić information content (AvgIpc) is 2.76. The molecule has 4 aliphatic rings. The number of hydrogen-bond donors (Lipinski definition) is 1. The molecule has 1 aromatic rings. The number of fused-ring (bicyclic) bond motifs is 2. The van der Waals surface area contributed by atoms with E-state index in [-0.39, 0.29) is 0 Å². The van der Waals surface area contributed by atoms with E-state index in [0.717, 1.165) is 12.8 Å². The van der Waals surface area contributed by atoms with Crippen molar-refractivity contribution in [2.24, 2.45) is 16.7 Å². The monoisotopic (exact) mass is 392 g/mol. The quantitative estimate of drug-likeness (QED) is 0.835. The first-order chi connectivity index (χ1) is 14.0. The second-order valence-corrected chi connectivity index (χ2v) is 7.57. The molecule has 5 rings (SSSR count). The van der Waals surface area contributed by atoms with Crippen LogP contribution in [0.2, 0.25) is 0 Å². The van der Waals surface area contributed by atoms with Gasteiger partial charge >= 0.3 is 0 Å². The number of hydrogen-bond acceptors (Lipinski definition) is 8. The van der Waals surface area contributed by atoms with Crippen LogP contribution >= 0.6 is 0 Å². The topological polar surface area (TPSA) is 132 Å². The van der Waals surface area contributed by atoms with Crippen LogP contribution in [-0.2, 0) is 9.47 Å². The fourth-order valence-electron chi connectivity index (χ4n) is 5.24. The van der Waals surface area contributed by atoms with E-state index >= 15 is 0 Å². The lowest BCUT2D eigenvalue weighted by molar-refractivity contribution is -0.360. The van der Waals surface area contributed by atoms with Crippen LogP contribution in [0.5, 0.6) is 11.5 Å². The number of ether oxygens (including phenoxy) is 4. The molecule has 4 atom stereocenters. The highest BCUT2D eigenvalue weighted by atomic mass is 16.7. The van der Waals surface area contributed by atoms with Crippen molar-refractivity contribution in [2.75, 3.05) is 14.2 Å². The third-order valence-corrected chi connectivity index (χ3v) is 6.53. The third-order valence-electron chi connectivity index (χ3n) is 6.53. The number of nitrogens with one attached hydrogen (secondary N) is 1. The average molecular weight is 392 g/mol. The number of benzene rings is 1. The van der Waals surface area contributed by atoms with Gasteiger partial charge in [-0.2, -0.15) is 15.8 Å². The van der Waals surface area contributed by atoms with E-state index in [1.165, 1.54) is 14.2 Å². The van der Waals surface area contributed by atoms with Crippen molar-refractivity contribution in [1.29, 1.82) is 21.2 Å². The maximum atomic E-state index is 10.3. The summed E-state index contributed by atoms with van der Waals surface area (Å²) in [6, 6.07) is 11.5. The summed E-state index contributed by atoms with van der Waals surface area (Å²) >= 11 is 0. The fraction of sp³-hybridized carbons (Fsp3) is 0.524. The van der Waals surface area contributed by atoms with Gasteiger partial charge in [-0.3, -0.25) is 5.41 Å². The number of para-hydroxylation sites is 1. The Morgan fingerprint density at radius 2 is 1.86 bits per heavy atom. The zero-order chi connectivity index (χ0) is 20.9. The molecule has 0 radical (unpaired) electrons. The first-order valence-corrected chi connectivity index (χ1v) is 9.40. The summed E-state index contributed by atoms with van der Waals surface area (Å²) in [5.41, 5.74) is -3.27. The van der Waals surface area contributed by atoms with Crippen molar-refractivity contribution in [3.8, 4) is 29.7 Å². The van der Waals surface area contributed by atoms with Crippen LogP contribution in [0.15, 0.2) is 18.2 Å². The molecule has 148 valence electrons. The smallest absolute Gasteiger partial charge is 0.218 e. The van der Waals surface area contributed by atoms with E-state index in [2.05, 4.69) is 18.2 Å². The lowest BCUT2D eigenvalue weighted by Gasteiger charge is -2.63. The third kappa shape index (κ3) is 2.06. The summed E-state index contributed by atoms with van der Waals surface area (Å²) < 4.78 is 23.2. The lowest BCUT2D eigenvalue weighted by atomic mass is 9.48. The van der Waals surface area contributed by atoms with Gasteiger partial charge in [-0.1, -0.05) is 18.6 Å². The van der Waals surface area contributed by atoms with E-state index in [4.69, 9.17) is 24.4 Å². The van der Waals surface area contributed by atoms with Crippen molar-refractivity contribution in [1.82, 2.24) is 0 Å². The molecule has 1 aromatic carbocycles. The van der Waals surface area contributed by atoms with Gasteiger partial charge in [0.2, 0.25) is 11.7 Å². The zero-order valence-electron chi connectivity index (χ0n) is 16.2. The van der Waals surface area contributed by atoms with Crippen LogP contribution < -0.4 is 9.47 Å². The van der Waals surface area contributed by atoms with Crippen LogP contribution in [0, 0.1) is 56.2 Å². The summed E-state index contributed by atoms with van der Waals surface area (Å²) in [4.78, 5) is 0. The van der Waals surface area contributed by atoms with Gasteiger partial charge in [-0.05, 0) is 18.9 Å². The molecular weight excluding hydrogens is 372 g/mol. The molecule has 3 heterocycles. The van der Waals surface area contributed by atoms with Crippen molar-refractivity contribution >= 4 is 5.90 Å². The highest BCUT2D eigenvalue weighted by Crippen LogP contribution is 2.70. The first-order valence-electron chi connectivity index (χ1n) is 9.40. The summed E-state index contributed by atoms with van der Waals surface area (Å²) in [6.07, 6.45) is 1.44. The number of rotatable bonds is 3. The van der Waals surface area contributed by atoms with Crippen molar-refractivity contribution in [3.05, 3.63) is 23.8 Å². The minimum atomic E-state index is -1.93. The molecule has 1 saturated carbocycles. The highest BCUT2D eigenvalue weighted by molar-refractivity contribution is 5.89. The molecular formula is C21H20N4O4. The van der Waals surface area contributed by atoms with Crippen molar-refractivity contribution in [2.45, 2.75) is 37.6 Å². The van der Waals surface area contributed by atoms with E-state index in [9.17, 15) is 15.8 Å². The summed E-state index contributed by atoms with van der Waals surface area (Å²) in [5, 5.41) is 39.4. The molecule has 1 aliphatic carbocycles. The molecule has 2 bridgehead atoms. The molecule has 1 N–H and O–H groups in total. The molecule has 3 aliphatic heterocycles. The maximum absolute atomic E-state index is 10.3. The van der Waals surface area contributed by atoms with E-state index < -0.39 is 34.5 Å². The standard InChI is InChI=1S/C21H20N4O4/c1-26-14-7-5-6-13(16(14)27-2)17-20(12-24)18(25)29-21(28-17)9-4-3-8-15(21)19(20,10-22)11-23/h5-7,15,17,25H,3-4,8-9H2,1-2H3/t15-,17-,20-,21+/m1/s1. The van der Waals surface area contributed by atoms with Crippen LogP contribution in [-0.4, -0.2) is 25.9 Å². The Balaban J connectivity index is 2.04.